The lowest BCUT2D eigenvalue weighted by Gasteiger charge is -2.12. The second-order valence-electron chi connectivity index (χ2n) is 6.65. The van der Waals surface area contributed by atoms with Crippen LogP contribution in [0.1, 0.15) is 23.7 Å². The summed E-state index contributed by atoms with van der Waals surface area (Å²) in [5.41, 5.74) is 4.63. The summed E-state index contributed by atoms with van der Waals surface area (Å²) in [5, 5.41) is 17.8. The summed E-state index contributed by atoms with van der Waals surface area (Å²) in [5.74, 6) is 1.35. The number of H-pyrrole nitrogens is 1. The number of nitrogens with zero attached hydrogens (tertiary/aromatic N) is 1. The van der Waals surface area contributed by atoms with E-state index in [4.69, 9.17) is 4.74 Å². The van der Waals surface area contributed by atoms with Crippen LogP contribution in [0.2, 0.25) is 0 Å². The zero-order valence-corrected chi connectivity index (χ0v) is 16.7. The smallest absolute Gasteiger partial charge is 0.191 e. The number of para-hydroxylation sites is 1. The molecule has 0 radical (unpaired) electrons. The lowest BCUT2D eigenvalue weighted by molar-refractivity contribution is 0.373. The van der Waals surface area contributed by atoms with E-state index in [-0.39, 0.29) is 5.75 Å². The first-order chi connectivity index (χ1) is 13.6. The molecule has 6 nitrogen and oxygen atoms in total. The molecule has 2 aromatic carbocycles. The SMILES string of the molecule is CCNC(=NCc1ccc(OC)c(O)c1)NCCc1c(C)[nH]c2ccccc12. The second-order valence-corrected chi connectivity index (χ2v) is 6.65. The van der Waals surface area contributed by atoms with Gasteiger partial charge < -0.3 is 25.5 Å². The Labute approximate surface area is 165 Å². The van der Waals surface area contributed by atoms with Crippen LogP contribution in [0.4, 0.5) is 0 Å². The number of ether oxygens (including phenoxy) is 1. The Morgan fingerprint density at radius 1 is 1.18 bits per heavy atom. The summed E-state index contributed by atoms with van der Waals surface area (Å²) < 4.78 is 5.08. The van der Waals surface area contributed by atoms with E-state index in [0.717, 1.165) is 31.0 Å². The lowest BCUT2D eigenvalue weighted by atomic mass is 10.1. The van der Waals surface area contributed by atoms with E-state index in [1.54, 1.807) is 12.1 Å². The number of phenolic OH excluding ortho intramolecular Hbond substituents is 1. The third-order valence-electron chi connectivity index (χ3n) is 4.70. The number of hydrogen-bond acceptors (Lipinski definition) is 3. The summed E-state index contributed by atoms with van der Waals surface area (Å²) in [6.45, 7) is 6.19. The molecule has 28 heavy (non-hydrogen) atoms. The maximum Gasteiger partial charge on any atom is 0.191 e. The van der Waals surface area contributed by atoms with Gasteiger partial charge in [-0.05, 0) is 49.6 Å². The van der Waals surface area contributed by atoms with Crippen molar-refractivity contribution in [2.75, 3.05) is 20.2 Å². The molecule has 0 unspecified atom stereocenters. The molecule has 3 aromatic rings. The van der Waals surface area contributed by atoms with Crippen LogP contribution >= 0.6 is 0 Å². The monoisotopic (exact) mass is 380 g/mol. The second kappa shape index (κ2) is 9.17. The number of aromatic amines is 1. The van der Waals surface area contributed by atoms with Gasteiger partial charge in [-0.2, -0.15) is 0 Å². The van der Waals surface area contributed by atoms with Crippen molar-refractivity contribution in [3.05, 3.63) is 59.3 Å². The Bertz CT molecular complexity index is 962. The van der Waals surface area contributed by atoms with Gasteiger partial charge in [-0.3, -0.25) is 0 Å². The van der Waals surface area contributed by atoms with Gasteiger partial charge in [-0.25, -0.2) is 4.99 Å². The molecule has 0 bridgehead atoms. The summed E-state index contributed by atoms with van der Waals surface area (Å²) in [7, 11) is 1.54. The quantitative estimate of drug-likeness (QED) is 0.374. The van der Waals surface area contributed by atoms with Crippen LogP contribution in [-0.4, -0.2) is 36.2 Å². The van der Waals surface area contributed by atoms with Gasteiger partial charge in [-0.1, -0.05) is 24.3 Å². The van der Waals surface area contributed by atoms with E-state index in [9.17, 15) is 5.11 Å². The molecule has 0 aliphatic rings. The first-order valence-corrected chi connectivity index (χ1v) is 9.56. The number of rotatable bonds is 7. The largest absolute Gasteiger partial charge is 0.504 e. The molecule has 0 aliphatic heterocycles. The molecular weight excluding hydrogens is 352 g/mol. The van der Waals surface area contributed by atoms with Crippen LogP contribution in [0.3, 0.4) is 0 Å². The summed E-state index contributed by atoms with van der Waals surface area (Å²) in [4.78, 5) is 8.06. The Balaban J connectivity index is 1.63. The maximum atomic E-state index is 9.91. The van der Waals surface area contributed by atoms with Gasteiger partial charge in [0.2, 0.25) is 0 Å². The third kappa shape index (κ3) is 4.57. The van der Waals surface area contributed by atoms with Crippen molar-refractivity contribution >= 4 is 16.9 Å². The van der Waals surface area contributed by atoms with Crippen LogP contribution < -0.4 is 15.4 Å². The fourth-order valence-electron chi connectivity index (χ4n) is 3.31. The van der Waals surface area contributed by atoms with Crippen LogP contribution in [0, 0.1) is 6.92 Å². The molecule has 0 saturated carbocycles. The van der Waals surface area contributed by atoms with Crippen molar-refractivity contribution in [3.8, 4) is 11.5 Å². The summed E-state index contributed by atoms with van der Waals surface area (Å²) in [6, 6.07) is 13.7. The predicted molar refractivity (Wildman–Crippen MR) is 114 cm³/mol. The number of phenols is 1. The highest BCUT2D eigenvalue weighted by atomic mass is 16.5. The van der Waals surface area contributed by atoms with Crippen LogP contribution in [-0.2, 0) is 13.0 Å². The van der Waals surface area contributed by atoms with Crippen molar-refractivity contribution in [1.82, 2.24) is 15.6 Å². The van der Waals surface area contributed by atoms with Gasteiger partial charge in [0.25, 0.3) is 0 Å². The van der Waals surface area contributed by atoms with Crippen LogP contribution in [0.25, 0.3) is 10.9 Å². The number of aryl methyl sites for hydroxylation is 1. The van der Waals surface area contributed by atoms with Crippen molar-refractivity contribution in [2.45, 2.75) is 26.8 Å². The number of aromatic hydroxyl groups is 1. The number of hydrogen-bond donors (Lipinski definition) is 4. The fraction of sp³-hybridized carbons (Fsp3) is 0.318. The van der Waals surface area contributed by atoms with E-state index >= 15 is 0 Å². The first kappa shape index (κ1) is 19.6. The molecule has 1 aromatic heterocycles. The Kier molecular flexibility index (Phi) is 6.42. The minimum atomic E-state index is 0.128. The Morgan fingerprint density at radius 3 is 2.75 bits per heavy atom. The molecule has 1 heterocycles. The molecule has 0 spiro atoms. The maximum absolute atomic E-state index is 9.91. The summed E-state index contributed by atoms with van der Waals surface area (Å²) >= 11 is 0. The van der Waals surface area contributed by atoms with Crippen LogP contribution in [0.5, 0.6) is 11.5 Å². The van der Waals surface area contributed by atoms with Gasteiger partial charge in [0.1, 0.15) is 0 Å². The molecule has 0 saturated heterocycles. The third-order valence-corrected chi connectivity index (χ3v) is 4.70. The Hall–Kier alpha value is -3.15. The molecular formula is C22H28N4O2. The molecule has 0 fully saturated rings. The summed E-state index contributed by atoms with van der Waals surface area (Å²) in [6.07, 6.45) is 0.906. The first-order valence-electron chi connectivity index (χ1n) is 9.56. The topological polar surface area (TPSA) is 81.7 Å². The number of benzene rings is 2. The van der Waals surface area contributed by atoms with Crippen molar-refractivity contribution in [3.63, 3.8) is 0 Å². The molecule has 148 valence electrons. The highest BCUT2D eigenvalue weighted by molar-refractivity contribution is 5.84. The van der Waals surface area contributed by atoms with Crippen LogP contribution in [0.15, 0.2) is 47.5 Å². The number of methoxy groups -OCH3 is 1. The molecule has 6 heteroatoms. The van der Waals surface area contributed by atoms with E-state index < -0.39 is 0 Å². The molecule has 3 rings (SSSR count). The number of guanidine groups is 1. The van der Waals surface area contributed by atoms with Gasteiger partial charge in [0.15, 0.2) is 17.5 Å². The van der Waals surface area contributed by atoms with E-state index in [0.29, 0.717) is 12.3 Å². The van der Waals surface area contributed by atoms with Crippen molar-refractivity contribution in [1.29, 1.82) is 0 Å². The molecule has 0 aliphatic carbocycles. The standard InChI is InChI=1S/C22H28N4O2/c1-4-23-22(25-14-16-9-10-21(28-3)20(27)13-16)24-12-11-17-15(2)26-19-8-6-5-7-18(17)19/h5-10,13,26-27H,4,11-12,14H2,1-3H3,(H2,23,24,25). The normalized spacial score (nSPS) is 11.6. The van der Waals surface area contributed by atoms with E-state index in [2.05, 4.69) is 45.7 Å². The minimum Gasteiger partial charge on any atom is -0.504 e. The molecule has 4 N–H and O–H groups in total. The average Bonchev–Trinajstić information content (AvgIpc) is 3.01. The van der Waals surface area contributed by atoms with Gasteiger partial charge in [0.05, 0.1) is 13.7 Å². The number of aliphatic imine (C=N–C) groups is 1. The molecule has 0 amide bonds. The number of nitrogens with one attached hydrogen (secondary N) is 3. The fourth-order valence-corrected chi connectivity index (χ4v) is 3.31. The lowest BCUT2D eigenvalue weighted by Crippen LogP contribution is -2.38. The van der Waals surface area contributed by atoms with Crippen molar-refractivity contribution in [2.24, 2.45) is 4.99 Å². The predicted octanol–water partition coefficient (Wildman–Crippen LogP) is 3.49. The average molecular weight is 380 g/mol. The highest BCUT2D eigenvalue weighted by Gasteiger charge is 2.08. The zero-order chi connectivity index (χ0) is 19.9. The number of aromatic nitrogens is 1. The molecule has 0 atom stereocenters. The van der Waals surface area contributed by atoms with Crippen molar-refractivity contribution < 1.29 is 9.84 Å². The zero-order valence-electron chi connectivity index (χ0n) is 16.7. The van der Waals surface area contributed by atoms with E-state index in [1.807, 2.05) is 19.1 Å². The minimum absolute atomic E-state index is 0.128. The number of fused-ring (bicyclic) bond motifs is 1. The highest BCUT2D eigenvalue weighted by Crippen LogP contribution is 2.26. The van der Waals surface area contributed by atoms with Gasteiger partial charge in [0, 0.05) is 29.7 Å². The van der Waals surface area contributed by atoms with E-state index in [1.165, 1.54) is 29.3 Å². The van der Waals surface area contributed by atoms with Gasteiger partial charge >= 0.3 is 0 Å². The van der Waals surface area contributed by atoms with Gasteiger partial charge in [-0.15, -0.1) is 0 Å². The Morgan fingerprint density at radius 2 is 2.00 bits per heavy atom.